The molecule has 1 saturated carbocycles. The van der Waals surface area contributed by atoms with Crippen LogP contribution >= 0.6 is 0 Å². The number of piperidine rings is 1. The summed E-state index contributed by atoms with van der Waals surface area (Å²) in [4.78, 5) is 15.0. The summed E-state index contributed by atoms with van der Waals surface area (Å²) < 4.78 is 2.29. The largest absolute Gasteiger partial charge is 0.342 e. The second-order valence-electron chi connectivity index (χ2n) is 7.39. The van der Waals surface area contributed by atoms with Gasteiger partial charge in [-0.25, -0.2) is 0 Å². The van der Waals surface area contributed by atoms with Crippen LogP contribution < -0.4 is 5.73 Å². The summed E-state index contributed by atoms with van der Waals surface area (Å²) in [6, 6.07) is 0. The Kier molecular flexibility index (Phi) is 4.09. The van der Waals surface area contributed by atoms with Crippen molar-refractivity contribution >= 4 is 5.91 Å². The number of carbonyl (C=O) groups is 1. The van der Waals surface area contributed by atoms with E-state index in [1.54, 1.807) is 0 Å². The van der Waals surface area contributed by atoms with Crippen LogP contribution in [0, 0.1) is 11.8 Å². The van der Waals surface area contributed by atoms with Crippen LogP contribution in [-0.4, -0.2) is 45.2 Å². The van der Waals surface area contributed by atoms with Crippen molar-refractivity contribution in [2.45, 2.75) is 57.4 Å². The Hall–Kier alpha value is -1.43. The molecule has 1 aliphatic carbocycles. The maximum absolute atomic E-state index is 12.9. The first-order valence-corrected chi connectivity index (χ1v) is 9.18. The molecule has 126 valence electrons. The molecule has 0 spiro atoms. The SMILES string of the molecule is NC[C@H]1CCC[C@H]1C(=O)N1CCCC(c2nnc3n2CCC3)C1. The highest BCUT2D eigenvalue weighted by Gasteiger charge is 2.37. The number of likely N-dealkylation sites (tertiary alicyclic amines) is 1. The highest BCUT2D eigenvalue weighted by Crippen LogP contribution is 2.35. The number of fused-ring (bicyclic) bond motifs is 1. The lowest BCUT2D eigenvalue weighted by atomic mass is 9.91. The van der Waals surface area contributed by atoms with Crippen molar-refractivity contribution in [2.24, 2.45) is 17.6 Å². The molecule has 3 aliphatic rings. The summed E-state index contributed by atoms with van der Waals surface area (Å²) in [6.45, 7) is 3.39. The summed E-state index contributed by atoms with van der Waals surface area (Å²) >= 11 is 0. The molecule has 0 bridgehead atoms. The molecule has 2 N–H and O–H groups in total. The minimum Gasteiger partial charge on any atom is -0.342 e. The molecule has 3 heterocycles. The van der Waals surface area contributed by atoms with Gasteiger partial charge in [-0.05, 0) is 44.6 Å². The number of hydrogen-bond acceptors (Lipinski definition) is 4. The number of rotatable bonds is 3. The number of nitrogens with two attached hydrogens (primary N) is 1. The molecule has 6 heteroatoms. The molecule has 1 amide bonds. The summed E-state index contributed by atoms with van der Waals surface area (Å²) in [6.07, 6.45) is 7.68. The molecule has 0 radical (unpaired) electrons. The average molecular weight is 317 g/mol. The van der Waals surface area contributed by atoms with Gasteiger partial charge >= 0.3 is 0 Å². The van der Waals surface area contributed by atoms with E-state index in [2.05, 4.69) is 19.7 Å². The van der Waals surface area contributed by atoms with Crippen molar-refractivity contribution in [3.8, 4) is 0 Å². The summed E-state index contributed by atoms with van der Waals surface area (Å²) in [5, 5.41) is 8.78. The van der Waals surface area contributed by atoms with Gasteiger partial charge in [-0.15, -0.1) is 10.2 Å². The van der Waals surface area contributed by atoms with E-state index in [9.17, 15) is 4.79 Å². The van der Waals surface area contributed by atoms with Crippen LogP contribution in [0.1, 0.15) is 56.1 Å². The number of amides is 1. The fourth-order valence-corrected chi connectivity index (χ4v) is 4.74. The van der Waals surface area contributed by atoms with Crippen molar-refractivity contribution in [3.05, 3.63) is 11.6 Å². The quantitative estimate of drug-likeness (QED) is 0.912. The molecular formula is C17H27N5O. The third-order valence-corrected chi connectivity index (χ3v) is 6.02. The molecule has 1 aromatic rings. The monoisotopic (exact) mass is 317 g/mol. The molecule has 4 rings (SSSR count). The van der Waals surface area contributed by atoms with E-state index in [0.29, 0.717) is 24.3 Å². The van der Waals surface area contributed by atoms with Gasteiger partial charge < -0.3 is 15.2 Å². The number of aromatic nitrogens is 3. The van der Waals surface area contributed by atoms with Gasteiger partial charge in [0.25, 0.3) is 0 Å². The Morgan fingerprint density at radius 3 is 2.91 bits per heavy atom. The Morgan fingerprint density at radius 2 is 2.04 bits per heavy atom. The standard InChI is InChI=1S/C17H27N5O/c18-10-12-4-1-6-14(12)17(23)21-8-2-5-13(11-21)16-20-19-15-7-3-9-22(15)16/h12-14H,1-11,18H2/t12-,13?,14-/m1/s1. The molecule has 0 aromatic carbocycles. The maximum Gasteiger partial charge on any atom is 0.226 e. The maximum atomic E-state index is 12.9. The van der Waals surface area contributed by atoms with E-state index >= 15 is 0 Å². The molecule has 3 atom stereocenters. The number of nitrogens with zero attached hydrogens (tertiary/aromatic N) is 4. The molecule has 2 aliphatic heterocycles. The van der Waals surface area contributed by atoms with Crippen LogP contribution in [0.2, 0.25) is 0 Å². The van der Waals surface area contributed by atoms with Crippen LogP contribution in [0.3, 0.4) is 0 Å². The first kappa shape index (κ1) is 15.1. The van der Waals surface area contributed by atoms with Crippen molar-refractivity contribution in [3.63, 3.8) is 0 Å². The van der Waals surface area contributed by atoms with E-state index in [1.165, 1.54) is 6.42 Å². The van der Waals surface area contributed by atoms with E-state index in [1.807, 2.05) is 0 Å². The van der Waals surface area contributed by atoms with Crippen LogP contribution in [0.5, 0.6) is 0 Å². The van der Waals surface area contributed by atoms with E-state index in [0.717, 1.165) is 69.8 Å². The topological polar surface area (TPSA) is 77.0 Å². The molecule has 1 unspecified atom stereocenters. The summed E-state index contributed by atoms with van der Waals surface area (Å²) in [7, 11) is 0. The number of carbonyl (C=O) groups excluding carboxylic acids is 1. The van der Waals surface area contributed by atoms with E-state index in [-0.39, 0.29) is 5.92 Å². The van der Waals surface area contributed by atoms with Crippen LogP contribution in [0.4, 0.5) is 0 Å². The van der Waals surface area contributed by atoms with Crippen LogP contribution in [-0.2, 0) is 17.8 Å². The van der Waals surface area contributed by atoms with Crippen molar-refractivity contribution in [2.75, 3.05) is 19.6 Å². The summed E-state index contributed by atoms with van der Waals surface area (Å²) in [5.74, 6) is 3.47. The summed E-state index contributed by atoms with van der Waals surface area (Å²) in [5.41, 5.74) is 5.87. The molecular weight excluding hydrogens is 290 g/mol. The van der Waals surface area contributed by atoms with Crippen molar-refractivity contribution in [1.82, 2.24) is 19.7 Å². The molecule has 2 fully saturated rings. The smallest absolute Gasteiger partial charge is 0.226 e. The van der Waals surface area contributed by atoms with Gasteiger partial charge in [-0.2, -0.15) is 0 Å². The zero-order valence-electron chi connectivity index (χ0n) is 13.8. The first-order chi connectivity index (χ1) is 11.3. The Bertz CT molecular complexity index is 584. The van der Waals surface area contributed by atoms with Gasteiger partial charge in [0, 0.05) is 37.9 Å². The predicted octanol–water partition coefficient (Wildman–Crippen LogP) is 1.31. The average Bonchev–Trinajstić information content (AvgIpc) is 3.29. The second kappa shape index (κ2) is 6.23. The Balaban J connectivity index is 1.47. The Labute approximate surface area is 137 Å². The van der Waals surface area contributed by atoms with Gasteiger partial charge in [0.05, 0.1) is 0 Å². The zero-order chi connectivity index (χ0) is 15.8. The van der Waals surface area contributed by atoms with Gasteiger partial charge in [0.15, 0.2) is 0 Å². The highest BCUT2D eigenvalue weighted by atomic mass is 16.2. The minimum absolute atomic E-state index is 0.155. The fourth-order valence-electron chi connectivity index (χ4n) is 4.74. The van der Waals surface area contributed by atoms with Gasteiger partial charge in [0.2, 0.25) is 5.91 Å². The molecule has 1 saturated heterocycles. The minimum atomic E-state index is 0.155. The van der Waals surface area contributed by atoms with Crippen molar-refractivity contribution < 1.29 is 4.79 Å². The first-order valence-electron chi connectivity index (χ1n) is 9.18. The normalized spacial score (nSPS) is 30.7. The zero-order valence-corrected chi connectivity index (χ0v) is 13.8. The molecule has 1 aromatic heterocycles. The number of hydrogen-bond donors (Lipinski definition) is 1. The molecule has 6 nitrogen and oxygen atoms in total. The van der Waals surface area contributed by atoms with Gasteiger partial charge in [-0.3, -0.25) is 4.79 Å². The predicted molar refractivity (Wildman–Crippen MR) is 86.8 cm³/mol. The third kappa shape index (κ3) is 2.67. The van der Waals surface area contributed by atoms with Gasteiger partial charge in [0.1, 0.15) is 11.6 Å². The lowest BCUT2D eigenvalue weighted by Gasteiger charge is -2.35. The highest BCUT2D eigenvalue weighted by molar-refractivity contribution is 5.79. The van der Waals surface area contributed by atoms with E-state index in [4.69, 9.17) is 5.73 Å². The van der Waals surface area contributed by atoms with Crippen molar-refractivity contribution in [1.29, 1.82) is 0 Å². The van der Waals surface area contributed by atoms with E-state index < -0.39 is 0 Å². The lowest BCUT2D eigenvalue weighted by Crippen LogP contribution is -2.44. The Morgan fingerprint density at radius 1 is 1.13 bits per heavy atom. The van der Waals surface area contributed by atoms with Crippen LogP contribution in [0.15, 0.2) is 0 Å². The lowest BCUT2D eigenvalue weighted by molar-refractivity contribution is -0.137. The fraction of sp³-hybridized carbons (Fsp3) is 0.824. The van der Waals surface area contributed by atoms with Crippen LogP contribution in [0.25, 0.3) is 0 Å². The number of aryl methyl sites for hydroxylation is 1. The molecule has 23 heavy (non-hydrogen) atoms. The second-order valence-corrected chi connectivity index (χ2v) is 7.39. The third-order valence-electron chi connectivity index (χ3n) is 6.02. The van der Waals surface area contributed by atoms with Gasteiger partial charge in [-0.1, -0.05) is 6.42 Å².